The largest absolute Gasteiger partial charge is 0.493 e. The zero-order chi connectivity index (χ0) is 13.8. The second-order valence-electron chi connectivity index (χ2n) is 4.87. The molecule has 2 rings (SSSR count). The number of hydrogen-bond donors (Lipinski definition) is 0. The maximum absolute atomic E-state index is 12.1. The zero-order valence-electron chi connectivity index (χ0n) is 11.8. The molecule has 1 aliphatic heterocycles. The minimum Gasteiger partial charge on any atom is -0.493 e. The van der Waals surface area contributed by atoms with E-state index in [2.05, 4.69) is 4.90 Å². The molecule has 1 unspecified atom stereocenters. The standard InChI is InChI=1S/C15H21NO3/c1-4-19-15-9-11(5-6-14(15)18-3)12-10-16(2)8-7-13(12)17/h5-6,9,12H,4,7-8,10H2,1-3H3. The Labute approximate surface area is 114 Å². The Kier molecular flexibility index (Phi) is 4.43. The van der Waals surface area contributed by atoms with E-state index < -0.39 is 0 Å². The quantitative estimate of drug-likeness (QED) is 0.833. The highest BCUT2D eigenvalue weighted by atomic mass is 16.5. The van der Waals surface area contributed by atoms with Crippen LogP contribution in [0, 0.1) is 0 Å². The molecule has 0 aromatic heterocycles. The number of nitrogens with zero attached hydrogens (tertiary/aromatic N) is 1. The topological polar surface area (TPSA) is 38.8 Å². The molecular weight excluding hydrogens is 242 g/mol. The SMILES string of the molecule is CCOc1cc(C2CN(C)CCC2=O)ccc1OC. The van der Waals surface area contributed by atoms with Crippen LogP contribution in [0.2, 0.25) is 0 Å². The maximum atomic E-state index is 12.1. The van der Waals surface area contributed by atoms with Gasteiger partial charge in [0.15, 0.2) is 11.5 Å². The van der Waals surface area contributed by atoms with Crippen LogP contribution in [-0.4, -0.2) is 44.5 Å². The van der Waals surface area contributed by atoms with Crippen molar-refractivity contribution in [2.45, 2.75) is 19.3 Å². The van der Waals surface area contributed by atoms with Crippen molar-refractivity contribution < 1.29 is 14.3 Å². The van der Waals surface area contributed by atoms with Crippen LogP contribution < -0.4 is 9.47 Å². The van der Waals surface area contributed by atoms with Gasteiger partial charge in [-0.1, -0.05) is 6.07 Å². The van der Waals surface area contributed by atoms with Crippen molar-refractivity contribution in [1.29, 1.82) is 0 Å². The molecule has 1 aromatic rings. The number of hydrogen-bond acceptors (Lipinski definition) is 4. The average Bonchev–Trinajstić information content (AvgIpc) is 2.42. The van der Waals surface area contributed by atoms with Crippen molar-refractivity contribution in [1.82, 2.24) is 4.90 Å². The van der Waals surface area contributed by atoms with Crippen LogP contribution in [0.15, 0.2) is 18.2 Å². The molecule has 1 atom stereocenters. The average molecular weight is 263 g/mol. The van der Waals surface area contributed by atoms with Gasteiger partial charge in [-0.25, -0.2) is 0 Å². The lowest BCUT2D eigenvalue weighted by molar-refractivity contribution is -0.123. The summed E-state index contributed by atoms with van der Waals surface area (Å²) in [6.45, 7) is 4.14. The second kappa shape index (κ2) is 6.06. The Balaban J connectivity index is 2.28. The summed E-state index contributed by atoms with van der Waals surface area (Å²) in [6, 6.07) is 5.77. The van der Waals surface area contributed by atoms with Gasteiger partial charge in [-0.2, -0.15) is 0 Å². The fourth-order valence-electron chi connectivity index (χ4n) is 2.45. The number of methoxy groups -OCH3 is 1. The minimum absolute atomic E-state index is 0.0520. The molecule has 0 radical (unpaired) electrons. The molecule has 19 heavy (non-hydrogen) atoms. The highest BCUT2D eigenvalue weighted by Gasteiger charge is 2.27. The van der Waals surface area contributed by atoms with E-state index in [1.54, 1.807) is 7.11 Å². The Morgan fingerprint density at radius 1 is 1.37 bits per heavy atom. The van der Waals surface area contributed by atoms with E-state index in [0.717, 1.165) is 18.7 Å². The molecule has 0 aliphatic carbocycles. The first kappa shape index (κ1) is 13.9. The number of carbonyl (C=O) groups is 1. The van der Waals surface area contributed by atoms with Gasteiger partial charge in [0.2, 0.25) is 0 Å². The molecule has 1 aliphatic rings. The van der Waals surface area contributed by atoms with E-state index in [0.29, 0.717) is 30.3 Å². The van der Waals surface area contributed by atoms with Gasteiger partial charge < -0.3 is 14.4 Å². The predicted octanol–water partition coefficient (Wildman–Crippen LogP) is 2.08. The Morgan fingerprint density at radius 2 is 2.16 bits per heavy atom. The van der Waals surface area contributed by atoms with Crippen molar-refractivity contribution in [2.24, 2.45) is 0 Å². The zero-order valence-corrected chi connectivity index (χ0v) is 11.8. The van der Waals surface area contributed by atoms with Crippen molar-refractivity contribution in [3.05, 3.63) is 23.8 Å². The molecular formula is C15H21NO3. The van der Waals surface area contributed by atoms with Crippen LogP contribution in [0.1, 0.15) is 24.8 Å². The third-order valence-electron chi connectivity index (χ3n) is 3.51. The Bertz CT molecular complexity index is 459. The highest BCUT2D eigenvalue weighted by Crippen LogP contribution is 2.32. The third-order valence-corrected chi connectivity index (χ3v) is 3.51. The summed E-state index contributed by atoms with van der Waals surface area (Å²) < 4.78 is 10.8. The minimum atomic E-state index is -0.0520. The number of likely N-dealkylation sites (tertiary alicyclic amines) is 1. The maximum Gasteiger partial charge on any atom is 0.161 e. The van der Waals surface area contributed by atoms with Gasteiger partial charge in [-0.15, -0.1) is 0 Å². The molecule has 104 valence electrons. The Morgan fingerprint density at radius 3 is 2.84 bits per heavy atom. The van der Waals surface area contributed by atoms with E-state index in [4.69, 9.17) is 9.47 Å². The van der Waals surface area contributed by atoms with E-state index in [-0.39, 0.29) is 5.92 Å². The van der Waals surface area contributed by atoms with Crippen molar-refractivity contribution in [3.8, 4) is 11.5 Å². The highest BCUT2D eigenvalue weighted by molar-refractivity contribution is 5.87. The Hall–Kier alpha value is -1.55. The summed E-state index contributed by atoms with van der Waals surface area (Å²) in [5.41, 5.74) is 1.01. The number of ketones is 1. The number of rotatable bonds is 4. The van der Waals surface area contributed by atoms with Crippen molar-refractivity contribution >= 4 is 5.78 Å². The summed E-state index contributed by atoms with van der Waals surface area (Å²) in [5.74, 6) is 1.68. The molecule has 4 heteroatoms. The number of Topliss-reactive ketones (excluding diaryl/α,β-unsaturated/α-hetero) is 1. The summed E-state index contributed by atoms with van der Waals surface area (Å²) in [4.78, 5) is 14.3. The number of likely N-dealkylation sites (N-methyl/N-ethyl adjacent to an activating group) is 1. The first-order valence-corrected chi connectivity index (χ1v) is 6.67. The van der Waals surface area contributed by atoms with Crippen LogP contribution in [0.25, 0.3) is 0 Å². The molecule has 1 fully saturated rings. The van der Waals surface area contributed by atoms with Gasteiger partial charge in [0, 0.05) is 19.5 Å². The molecule has 1 heterocycles. The molecule has 0 spiro atoms. The lowest BCUT2D eigenvalue weighted by Crippen LogP contribution is -2.36. The number of carbonyl (C=O) groups excluding carboxylic acids is 1. The van der Waals surface area contributed by atoms with Gasteiger partial charge in [-0.05, 0) is 31.7 Å². The first-order valence-electron chi connectivity index (χ1n) is 6.67. The summed E-state index contributed by atoms with van der Waals surface area (Å²) in [7, 11) is 3.67. The van der Waals surface area contributed by atoms with E-state index in [1.165, 1.54) is 0 Å². The van der Waals surface area contributed by atoms with Gasteiger partial charge >= 0.3 is 0 Å². The van der Waals surface area contributed by atoms with Crippen LogP contribution in [0.3, 0.4) is 0 Å². The monoisotopic (exact) mass is 263 g/mol. The number of benzene rings is 1. The smallest absolute Gasteiger partial charge is 0.161 e. The lowest BCUT2D eigenvalue weighted by atomic mass is 9.89. The molecule has 1 aromatic carbocycles. The number of piperidine rings is 1. The summed E-state index contributed by atoms with van der Waals surface area (Å²) in [5, 5.41) is 0. The molecule has 4 nitrogen and oxygen atoms in total. The third kappa shape index (κ3) is 3.07. The van der Waals surface area contributed by atoms with Gasteiger partial charge in [0.25, 0.3) is 0 Å². The van der Waals surface area contributed by atoms with E-state index >= 15 is 0 Å². The molecule has 0 saturated carbocycles. The predicted molar refractivity (Wildman–Crippen MR) is 74.0 cm³/mol. The van der Waals surface area contributed by atoms with E-state index in [1.807, 2.05) is 32.2 Å². The van der Waals surface area contributed by atoms with Crippen molar-refractivity contribution in [2.75, 3.05) is 33.9 Å². The molecule has 1 saturated heterocycles. The molecule has 0 amide bonds. The lowest BCUT2D eigenvalue weighted by Gasteiger charge is -2.29. The fraction of sp³-hybridized carbons (Fsp3) is 0.533. The van der Waals surface area contributed by atoms with Crippen LogP contribution in [0.4, 0.5) is 0 Å². The second-order valence-corrected chi connectivity index (χ2v) is 4.87. The van der Waals surface area contributed by atoms with Crippen LogP contribution >= 0.6 is 0 Å². The van der Waals surface area contributed by atoms with Gasteiger partial charge in [-0.3, -0.25) is 4.79 Å². The molecule has 0 N–H and O–H groups in total. The van der Waals surface area contributed by atoms with Crippen molar-refractivity contribution in [3.63, 3.8) is 0 Å². The number of ether oxygens (including phenoxy) is 2. The fourth-order valence-corrected chi connectivity index (χ4v) is 2.45. The van der Waals surface area contributed by atoms with Gasteiger partial charge in [0.1, 0.15) is 5.78 Å². The van der Waals surface area contributed by atoms with Crippen LogP contribution in [0.5, 0.6) is 11.5 Å². The first-order chi connectivity index (χ1) is 9.15. The summed E-state index contributed by atoms with van der Waals surface area (Å²) >= 11 is 0. The van der Waals surface area contributed by atoms with E-state index in [9.17, 15) is 4.79 Å². The van der Waals surface area contributed by atoms with Gasteiger partial charge in [0.05, 0.1) is 19.6 Å². The summed E-state index contributed by atoms with van der Waals surface area (Å²) in [6.07, 6.45) is 0.622. The van der Waals surface area contributed by atoms with Crippen LogP contribution in [-0.2, 0) is 4.79 Å². The normalized spacial score (nSPS) is 20.4. The molecule has 0 bridgehead atoms.